The highest BCUT2D eigenvalue weighted by Gasteiger charge is 2.13. The van der Waals surface area contributed by atoms with Gasteiger partial charge in [0, 0.05) is 22.9 Å². The molecule has 0 heterocycles. The van der Waals surface area contributed by atoms with E-state index in [-0.39, 0.29) is 25.7 Å². The molecule has 30 heavy (non-hydrogen) atoms. The molecule has 9 nitrogen and oxygen atoms in total. The summed E-state index contributed by atoms with van der Waals surface area (Å²) < 4.78 is 0. The zero-order valence-electron chi connectivity index (χ0n) is 16.8. The average Bonchev–Trinajstić information content (AvgIpc) is 2.63. The molecule has 0 atom stereocenters. The van der Waals surface area contributed by atoms with Crippen molar-refractivity contribution in [1.29, 1.82) is 5.41 Å². The van der Waals surface area contributed by atoms with Gasteiger partial charge in [0.05, 0.1) is 6.42 Å². The Kier molecular flexibility index (Phi) is 13.9. The highest BCUT2D eigenvalue weighted by molar-refractivity contribution is 6.36. The Morgan fingerprint density at radius 3 is 2.00 bits per heavy atom. The number of carbonyl (C=O) groups is 4. The lowest BCUT2D eigenvalue weighted by molar-refractivity contribution is -0.138. The molecule has 0 saturated carbocycles. The minimum absolute atomic E-state index is 0.0363. The van der Waals surface area contributed by atoms with Crippen LogP contribution < -0.4 is 16.0 Å². The van der Waals surface area contributed by atoms with E-state index >= 15 is 0 Å². The summed E-state index contributed by atoms with van der Waals surface area (Å²) in [4.78, 5) is 45.2. The summed E-state index contributed by atoms with van der Waals surface area (Å²) in [7, 11) is 0. The summed E-state index contributed by atoms with van der Waals surface area (Å²) in [5, 5.41) is 23.2. The van der Waals surface area contributed by atoms with Crippen LogP contribution in [0.25, 0.3) is 0 Å². The van der Waals surface area contributed by atoms with E-state index in [9.17, 15) is 19.2 Å². The molecule has 0 unspecified atom stereocenters. The summed E-state index contributed by atoms with van der Waals surface area (Å²) in [6, 6.07) is 4.79. The second-order valence-electron chi connectivity index (χ2n) is 6.08. The van der Waals surface area contributed by atoms with Crippen molar-refractivity contribution in [2.24, 2.45) is 0 Å². The van der Waals surface area contributed by atoms with Crippen LogP contribution in [0.5, 0.6) is 0 Å². The number of hydrogen-bond acceptors (Lipinski definition) is 5. The van der Waals surface area contributed by atoms with Crippen molar-refractivity contribution in [3.05, 3.63) is 33.8 Å². The third kappa shape index (κ3) is 12.7. The van der Waals surface area contributed by atoms with E-state index in [1.54, 1.807) is 18.2 Å². The Labute approximate surface area is 185 Å². The van der Waals surface area contributed by atoms with Gasteiger partial charge in [-0.1, -0.05) is 49.5 Å². The second kappa shape index (κ2) is 15.2. The molecular weight excluding hydrogens is 435 g/mol. The van der Waals surface area contributed by atoms with Gasteiger partial charge in [0.1, 0.15) is 6.54 Å². The number of carboxylic acids is 1. The topological polar surface area (TPSA) is 148 Å². The third-order valence-corrected chi connectivity index (χ3v) is 3.88. The maximum Gasteiger partial charge on any atom is 0.322 e. The summed E-state index contributed by atoms with van der Waals surface area (Å²) in [6.07, 6.45) is 1.13. The van der Waals surface area contributed by atoms with Crippen LogP contribution in [0.15, 0.2) is 18.2 Å². The first-order valence-corrected chi connectivity index (χ1v) is 9.95. The van der Waals surface area contributed by atoms with Gasteiger partial charge >= 0.3 is 5.97 Å². The number of carbonyl (C=O) groups excluding carboxylic acids is 3. The number of guanidine groups is 1. The third-order valence-electron chi connectivity index (χ3n) is 3.17. The first-order chi connectivity index (χ1) is 14.1. The van der Waals surface area contributed by atoms with Crippen molar-refractivity contribution in [3.8, 4) is 0 Å². The van der Waals surface area contributed by atoms with Crippen molar-refractivity contribution >= 4 is 52.9 Å². The molecule has 0 saturated heterocycles. The zero-order chi connectivity index (χ0) is 23.1. The maximum absolute atomic E-state index is 11.9. The predicted octanol–water partition coefficient (Wildman–Crippen LogP) is 2.49. The van der Waals surface area contributed by atoms with Crippen LogP contribution in [0.3, 0.4) is 0 Å². The van der Waals surface area contributed by atoms with E-state index in [2.05, 4.69) is 29.8 Å². The van der Waals surface area contributed by atoms with Crippen LogP contribution in [-0.4, -0.2) is 41.3 Å². The Morgan fingerprint density at radius 1 is 0.967 bits per heavy atom. The van der Waals surface area contributed by atoms with E-state index in [0.717, 1.165) is 0 Å². The van der Waals surface area contributed by atoms with Crippen molar-refractivity contribution in [2.75, 3.05) is 6.54 Å². The number of rotatable bonds is 8. The monoisotopic (exact) mass is 460 g/mol. The highest BCUT2D eigenvalue weighted by atomic mass is 35.5. The quantitative estimate of drug-likeness (QED) is 0.298. The van der Waals surface area contributed by atoms with Crippen molar-refractivity contribution in [3.63, 3.8) is 0 Å². The van der Waals surface area contributed by atoms with Gasteiger partial charge in [-0.3, -0.25) is 35.2 Å². The molecule has 0 aromatic heterocycles. The maximum atomic E-state index is 11.9. The molecule has 11 heteroatoms. The molecule has 0 spiro atoms. The lowest BCUT2D eigenvalue weighted by Gasteiger charge is -2.10. The van der Waals surface area contributed by atoms with E-state index in [0.29, 0.717) is 15.6 Å². The van der Waals surface area contributed by atoms with Gasteiger partial charge < -0.3 is 10.4 Å². The van der Waals surface area contributed by atoms with Crippen molar-refractivity contribution in [2.45, 2.75) is 46.0 Å². The normalized spacial score (nSPS) is 9.60. The van der Waals surface area contributed by atoms with Crippen LogP contribution in [0, 0.1) is 5.41 Å². The van der Waals surface area contributed by atoms with Crippen LogP contribution in [0.2, 0.25) is 10.0 Å². The van der Waals surface area contributed by atoms with Gasteiger partial charge in [-0.15, -0.1) is 0 Å². The van der Waals surface area contributed by atoms with Gasteiger partial charge in [0.25, 0.3) is 0 Å². The number of amides is 3. The number of nitrogens with one attached hydrogen (secondary N) is 4. The number of hydrogen-bond donors (Lipinski definition) is 5. The standard InChI is InChI=1S/C16H18Cl2N4O5.C3H8/c17-10-3-1-4-11(18)9(10)7-14(25)22-16(19)21-13(24)6-2-5-12(23)20-8-15(26)27;1-3-2/h1,3-4H,2,5-8H2,(H,20,23)(H,26,27)(H3,19,21,22,24,25);3H2,1-2H3. The smallest absolute Gasteiger partial charge is 0.322 e. The molecule has 1 rings (SSSR count). The van der Waals surface area contributed by atoms with Crippen molar-refractivity contribution < 1.29 is 24.3 Å². The summed E-state index contributed by atoms with van der Waals surface area (Å²) >= 11 is 11.9. The fraction of sp³-hybridized carbons (Fsp3) is 0.421. The minimum Gasteiger partial charge on any atom is -0.480 e. The van der Waals surface area contributed by atoms with E-state index < -0.39 is 36.2 Å². The molecule has 0 aliphatic rings. The van der Waals surface area contributed by atoms with Gasteiger partial charge in [0.2, 0.25) is 23.7 Å². The summed E-state index contributed by atoms with van der Waals surface area (Å²) in [5.41, 5.74) is 0.407. The fourth-order valence-corrected chi connectivity index (χ4v) is 2.48. The molecule has 0 aliphatic carbocycles. The molecular formula is C19H26Cl2N4O5. The number of halogens is 2. The molecule has 0 fully saturated rings. The van der Waals surface area contributed by atoms with E-state index in [1.807, 2.05) is 0 Å². The summed E-state index contributed by atoms with van der Waals surface area (Å²) in [6.45, 7) is 3.76. The molecule has 1 aromatic carbocycles. The molecule has 0 radical (unpaired) electrons. The lowest BCUT2D eigenvalue weighted by atomic mass is 10.1. The molecule has 3 amide bonds. The average molecular weight is 461 g/mol. The Balaban J connectivity index is 0.00000263. The molecule has 0 bridgehead atoms. The summed E-state index contributed by atoms with van der Waals surface area (Å²) in [5.74, 6) is -3.32. The Hall–Kier alpha value is -2.65. The van der Waals surface area contributed by atoms with Gasteiger partial charge in [-0.05, 0) is 24.1 Å². The minimum atomic E-state index is -1.16. The van der Waals surface area contributed by atoms with E-state index in [4.69, 9.17) is 33.7 Å². The Morgan fingerprint density at radius 2 is 1.47 bits per heavy atom. The van der Waals surface area contributed by atoms with Gasteiger partial charge in [-0.25, -0.2) is 0 Å². The SMILES string of the molecule is CCC.N=C(NC(=O)CCCC(=O)NCC(=O)O)NC(=O)Cc1c(Cl)cccc1Cl. The largest absolute Gasteiger partial charge is 0.480 e. The van der Waals surface area contributed by atoms with Crippen molar-refractivity contribution in [1.82, 2.24) is 16.0 Å². The number of carboxylic acid groups (broad SMARTS) is 1. The number of benzene rings is 1. The van der Waals surface area contributed by atoms with Crippen LogP contribution in [-0.2, 0) is 25.6 Å². The van der Waals surface area contributed by atoms with Gasteiger partial charge in [0.15, 0.2) is 0 Å². The number of aliphatic carboxylic acids is 1. The highest BCUT2D eigenvalue weighted by Crippen LogP contribution is 2.24. The Bertz CT molecular complexity index is 751. The van der Waals surface area contributed by atoms with Crippen LogP contribution >= 0.6 is 23.2 Å². The molecule has 166 valence electrons. The molecule has 5 N–H and O–H groups in total. The fourth-order valence-electron chi connectivity index (χ4n) is 1.95. The predicted molar refractivity (Wildman–Crippen MR) is 115 cm³/mol. The van der Waals surface area contributed by atoms with Crippen LogP contribution in [0.4, 0.5) is 0 Å². The molecule has 0 aliphatic heterocycles. The second-order valence-corrected chi connectivity index (χ2v) is 6.89. The lowest BCUT2D eigenvalue weighted by Crippen LogP contribution is -2.43. The van der Waals surface area contributed by atoms with Gasteiger partial charge in [-0.2, -0.15) is 0 Å². The first-order valence-electron chi connectivity index (χ1n) is 9.20. The van der Waals surface area contributed by atoms with Crippen LogP contribution in [0.1, 0.15) is 45.1 Å². The van der Waals surface area contributed by atoms with E-state index in [1.165, 1.54) is 6.42 Å². The zero-order valence-corrected chi connectivity index (χ0v) is 18.3. The molecule has 1 aromatic rings. The first kappa shape index (κ1) is 27.4.